The number of hydrogen-bond acceptors (Lipinski definition) is 9. The second kappa shape index (κ2) is 18.4. The number of nitrogens with zero attached hydrogens (tertiary/aromatic N) is 1. The lowest BCUT2D eigenvalue weighted by Gasteiger charge is -2.32. The Kier molecular flexibility index (Phi) is 14.4. The van der Waals surface area contributed by atoms with E-state index < -0.39 is 37.5 Å². The van der Waals surface area contributed by atoms with Gasteiger partial charge in [-0.3, -0.25) is 9.59 Å². The number of nitrogens with one attached hydrogen (secondary N) is 2. The topological polar surface area (TPSA) is 123 Å². The zero-order chi connectivity index (χ0) is 35.4. The Morgan fingerprint density at radius 3 is 1.96 bits per heavy atom. The lowest BCUT2D eigenvalue weighted by molar-refractivity contribution is -0.140. The van der Waals surface area contributed by atoms with Gasteiger partial charge in [0.25, 0.3) is 0 Å². The standard InChI is InChI=1S/C36H46N3O7PS2/c1-6-11-32(47(43,45-27-15-19-29(48-4)20-16-27)46-28-17-21-30(49-5)22-18-28)37-34(40)31-14-10-23-39(31)35(41)33(25(2)3)38-36(42)44-24-26-12-8-7-9-13-26/h7-9,12-13,15-22,25,31-33H,6,10-11,14,23-24H2,1-5H3,(H,37,40)(H,38,42)/t31-,32?,33-/m0/s1. The largest absolute Gasteiger partial charge is 0.452 e. The first-order chi connectivity index (χ1) is 23.6. The SMILES string of the molecule is CCCC(NC(=O)[C@@H]1CCCN1C(=O)[C@@H](NC(=O)OCc1ccccc1)C(C)C)P(=O)(Oc1ccc(SC)cc1)Oc1ccc(SC)cc1. The molecule has 49 heavy (non-hydrogen) atoms. The summed E-state index contributed by atoms with van der Waals surface area (Å²) in [6.45, 7) is 5.97. The van der Waals surface area contributed by atoms with Crippen molar-refractivity contribution in [1.29, 1.82) is 0 Å². The average Bonchev–Trinajstić information content (AvgIpc) is 3.61. The number of benzene rings is 3. The molecule has 1 aliphatic heterocycles. The van der Waals surface area contributed by atoms with Crippen LogP contribution in [0.3, 0.4) is 0 Å². The van der Waals surface area contributed by atoms with E-state index in [4.69, 9.17) is 13.8 Å². The predicted molar refractivity (Wildman–Crippen MR) is 195 cm³/mol. The molecular formula is C36H46N3O7PS2. The van der Waals surface area contributed by atoms with E-state index in [0.717, 1.165) is 15.4 Å². The molecule has 3 atom stereocenters. The van der Waals surface area contributed by atoms with Gasteiger partial charge < -0.3 is 29.3 Å². The minimum Gasteiger partial charge on any atom is -0.445 e. The molecule has 4 rings (SSSR count). The maximum Gasteiger partial charge on any atom is 0.452 e. The van der Waals surface area contributed by atoms with Gasteiger partial charge in [-0.2, -0.15) is 0 Å². The van der Waals surface area contributed by atoms with E-state index >= 15 is 0 Å². The predicted octanol–water partition coefficient (Wildman–Crippen LogP) is 7.97. The van der Waals surface area contributed by atoms with E-state index in [-0.39, 0.29) is 18.4 Å². The second-order valence-corrected chi connectivity index (χ2v) is 15.8. The third kappa shape index (κ3) is 10.7. The zero-order valence-corrected chi connectivity index (χ0v) is 31.2. The number of hydrogen-bond donors (Lipinski definition) is 2. The molecular weight excluding hydrogens is 682 g/mol. The number of carbonyl (C=O) groups excluding carboxylic acids is 3. The van der Waals surface area contributed by atoms with Gasteiger partial charge in [0.05, 0.1) is 0 Å². The lowest BCUT2D eigenvalue weighted by atomic mass is 10.0. The minimum absolute atomic E-state index is 0.0624. The Morgan fingerprint density at radius 2 is 1.45 bits per heavy atom. The third-order valence-corrected chi connectivity index (χ3v) is 11.7. The summed E-state index contributed by atoms with van der Waals surface area (Å²) in [6, 6.07) is 21.9. The quantitative estimate of drug-likeness (QED) is 0.112. The molecule has 3 aromatic carbocycles. The molecule has 0 bridgehead atoms. The molecule has 1 unspecified atom stereocenters. The fourth-order valence-electron chi connectivity index (χ4n) is 5.44. The van der Waals surface area contributed by atoms with Crippen molar-refractivity contribution in [2.75, 3.05) is 19.1 Å². The molecule has 1 aliphatic rings. The highest BCUT2D eigenvalue weighted by Gasteiger charge is 2.44. The van der Waals surface area contributed by atoms with Crippen LogP contribution in [-0.4, -0.2) is 59.7 Å². The van der Waals surface area contributed by atoms with Crippen LogP contribution >= 0.6 is 31.1 Å². The molecule has 264 valence electrons. The maximum absolute atomic E-state index is 14.8. The summed E-state index contributed by atoms with van der Waals surface area (Å²) in [6.07, 6.45) is 5.10. The van der Waals surface area contributed by atoms with Gasteiger partial charge >= 0.3 is 13.7 Å². The van der Waals surface area contributed by atoms with Crippen molar-refractivity contribution < 1.29 is 32.7 Å². The smallest absolute Gasteiger partial charge is 0.445 e. The molecule has 0 aromatic heterocycles. The Labute approximate surface area is 298 Å². The fourth-order valence-corrected chi connectivity index (χ4v) is 8.24. The highest BCUT2D eigenvalue weighted by atomic mass is 32.2. The van der Waals surface area contributed by atoms with Crippen LogP contribution in [0, 0.1) is 5.92 Å². The number of amides is 3. The molecule has 0 saturated carbocycles. The first-order valence-electron chi connectivity index (χ1n) is 16.4. The van der Waals surface area contributed by atoms with Crippen molar-refractivity contribution in [3.8, 4) is 11.5 Å². The van der Waals surface area contributed by atoms with Gasteiger partial charge in [0.2, 0.25) is 11.8 Å². The van der Waals surface area contributed by atoms with Crippen molar-refractivity contribution in [1.82, 2.24) is 15.5 Å². The van der Waals surface area contributed by atoms with E-state index in [2.05, 4.69) is 10.6 Å². The van der Waals surface area contributed by atoms with Crippen LogP contribution in [0.25, 0.3) is 0 Å². The highest BCUT2D eigenvalue weighted by Crippen LogP contribution is 2.53. The maximum atomic E-state index is 14.8. The number of thioether (sulfide) groups is 2. The average molecular weight is 728 g/mol. The number of alkyl carbamates (subject to hydrolysis) is 1. The van der Waals surface area contributed by atoms with Crippen molar-refractivity contribution in [2.24, 2.45) is 5.92 Å². The van der Waals surface area contributed by atoms with E-state index in [1.54, 1.807) is 47.8 Å². The number of rotatable bonds is 16. The van der Waals surface area contributed by atoms with E-state index in [1.807, 2.05) is 87.9 Å². The van der Waals surface area contributed by atoms with Crippen LogP contribution in [0.4, 0.5) is 4.79 Å². The van der Waals surface area contributed by atoms with Gasteiger partial charge in [0, 0.05) is 16.3 Å². The second-order valence-electron chi connectivity index (χ2n) is 12.0. The molecule has 13 heteroatoms. The fraction of sp³-hybridized carbons (Fsp3) is 0.417. The van der Waals surface area contributed by atoms with Gasteiger partial charge in [-0.05, 0) is 91.8 Å². The molecule has 0 aliphatic carbocycles. The van der Waals surface area contributed by atoms with Crippen molar-refractivity contribution >= 4 is 49.0 Å². The summed E-state index contributed by atoms with van der Waals surface area (Å²) >= 11 is 3.14. The summed E-state index contributed by atoms with van der Waals surface area (Å²) in [7, 11) is -4.08. The Balaban J connectivity index is 1.52. The summed E-state index contributed by atoms with van der Waals surface area (Å²) in [4.78, 5) is 44.1. The van der Waals surface area contributed by atoms with Gasteiger partial charge in [0.1, 0.15) is 30.2 Å². The van der Waals surface area contributed by atoms with Crippen LogP contribution in [0.1, 0.15) is 52.0 Å². The first kappa shape index (κ1) is 38.2. The molecule has 2 N–H and O–H groups in total. The molecule has 3 amide bonds. The number of ether oxygens (including phenoxy) is 1. The molecule has 1 saturated heterocycles. The highest BCUT2D eigenvalue weighted by molar-refractivity contribution is 7.98. The van der Waals surface area contributed by atoms with Crippen molar-refractivity contribution in [3.63, 3.8) is 0 Å². The molecule has 0 radical (unpaired) electrons. The Morgan fingerprint density at radius 1 is 0.878 bits per heavy atom. The monoisotopic (exact) mass is 727 g/mol. The van der Waals surface area contributed by atoms with Gasteiger partial charge in [0.15, 0.2) is 5.78 Å². The minimum atomic E-state index is -4.08. The normalized spacial score (nSPS) is 15.7. The number of carbonyl (C=O) groups is 3. The van der Waals surface area contributed by atoms with Crippen LogP contribution < -0.4 is 19.7 Å². The molecule has 0 spiro atoms. The summed E-state index contributed by atoms with van der Waals surface area (Å²) < 4.78 is 32.5. The van der Waals surface area contributed by atoms with Gasteiger partial charge in [-0.25, -0.2) is 9.36 Å². The molecule has 1 fully saturated rings. The van der Waals surface area contributed by atoms with Crippen molar-refractivity contribution in [3.05, 3.63) is 84.4 Å². The Bertz CT molecular complexity index is 1520. The van der Waals surface area contributed by atoms with E-state index in [9.17, 15) is 18.9 Å². The molecule has 10 nitrogen and oxygen atoms in total. The van der Waals surface area contributed by atoms with Crippen LogP contribution in [0.5, 0.6) is 11.5 Å². The molecule has 1 heterocycles. The van der Waals surface area contributed by atoms with Crippen LogP contribution in [0.15, 0.2) is 88.7 Å². The molecule has 3 aromatic rings. The Hall–Kier alpha value is -3.60. The van der Waals surface area contributed by atoms with Gasteiger partial charge in [-0.1, -0.05) is 57.5 Å². The lowest BCUT2D eigenvalue weighted by Crippen LogP contribution is -2.56. The van der Waals surface area contributed by atoms with E-state index in [0.29, 0.717) is 43.7 Å². The van der Waals surface area contributed by atoms with E-state index in [1.165, 1.54) is 4.90 Å². The van der Waals surface area contributed by atoms with Crippen LogP contribution in [0.2, 0.25) is 0 Å². The zero-order valence-electron chi connectivity index (χ0n) is 28.6. The number of likely N-dealkylation sites (tertiary alicyclic amines) is 1. The summed E-state index contributed by atoms with van der Waals surface area (Å²) in [5.41, 5.74) is 0.821. The summed E-state index contributed by atoms with van der Waals surface area (Å²) in [5.74, 6) is -1.42. The summed E-state index contributed by atoms with van der Waals surface area (Å²) in [5, 5.41) is 5.66. The van der Waals surface area contributed by atoms with Gasteiger partial charge in [-0.15, -0.1) is 23.5 Å². The van der Waals surface area contributed by atoms with Crippen LogP contribution in [-0.2, 0) is 25.5 Å². The first-order valence-corrected chi connectivity index (χ1v) is 20.5. The third-order valence-electron chi connectivity index (χ3n) is 8.09. The van der Waals surface area contributed by atoms with Crippen molar-refractivity contribution in [2.45, 2.75) is 80.7 Å².